The molecule has 0 saturated heterocycles. The SMILES string of the molecule is Cc1cc(Cl)ccc1Nc1ncc(C(=O)Nc2ccccc2Cl)cn1. The van der Waals surface area contributed by atoms with Crippen molar-refractivity contribution in [3.05, 3.63) is 76.0 Å². The standard InChI is InChI=1S/C18H14Cl2N4O/c1-11-8-13(19)6-7-15(11)24-18-21-9-12(10-22-18)17(25)23-16-5-3-2-4-14(16)20/h2-10H,1H3,(H,23,25)(H,21,22,24). The molecule has 0 spiro atoms. The number of aromatic nitrogens is 2. The Balaban J connectivity index is 1.71. The number of nitrogens with one attached hydrogen (secondary N) is 2. The second kappa shape index (κ2) is 7.51. The van der Waals surface area contributed by atoms with E-state index in [-0.39, 0.29) is 5.91 Å². The number of rotatable bonds is 4. The summed E-state index contributed by atoms with van der Waals surface area (Å²) in [5.41, 5.74) is 2.68. The van der Waals surface area contributed by atoms with E-state index in [4.69, 9.17) is 23.2 Å². The largest absolute Gasteiger partial charge is 0.324 e. The van der Waals surface area contributed by atoms with Crippen molar-refractivity contribution in [1.82, 2.24) is 9.97 Å². The molecule has 5 nitrogen and oxygen atoms in total. The minimum atomic E-state index is -0.331. The molecule has 0 saturated carbocycles. The Labute approximate surface area is 155 Å². The van der Waals surface area contributed by atoms with Gasteiger partial charge in [-0.05, 0) is 42.8 Å². The van der Waals surface area contributed by atoms with Crippen molar-refractivity contribution in [3.8, 4) is 0 Å². The van der Waals surface area contributed by atoms with Crippen molar-refractivity contribution in [2.24, 2.45) is 0 Å². The number of aryl methyl sites for hydroxylation is 1. The number of anilines is 3. The van der Waals surface area contributed by atoms with Crippen LogP contribution in [0.5, 0.6) is 0 Å². The van der Waals surface area contributed by atoms with E-state index in [1.54, 1.807) is 30.3 Å². The van der Waals surface area contributed by atoms with Crippen molar-refractivity contribution in [2.45, 2.75) is 6.92 Å². The molecule has 1 heterocycles. The van der Waals surface area contributed by atoms with Gasteiger partial charge in [0, 0.05) is 23.1 Å². The summed E-state index contributed by atoms with van der Waals surface area (Å²) in [6.45, 7) is 1.93. The lowest BCUT2D eigenvalue weighted by molar-refractivity contribution is 0.102. The fraction of sp³-hybridized carbons (Fsp3) is 0.0556. The Morgan fingerprint density at radius 3 is 2.40 bits per heavy atom. The number of halogens is 2. The van der Waals surface area contributed by atoms with Crippen molar-refractivity contribution in [3.63, 3.8) is 0 Å². The number of carbonyl (C=O) groups is 1. The molecule has 1 aromatic heterocycles. The maximum Gasteiger partial charge on any atom is 0.258 e. The van der Waals surface area contributed by atoms with Crippen molar-refractivity contribution < 1.29 is 4.79 Å². The Kier molecular flexibility index (Phi) is 5.16. The highest BCUT2D eigenvalue weighted by Crippen LogP contribution is 2.23. The van der Waals surface area contributed by atoms with E-state index in [9.17, 15) is 4.79 Å². The number of carbonyl (C=O) groups excluding carboxylic acids is 1. The first-order valence-corrected chi connectivity index (χ1v) is 8.19. The van der Waals surface area contributed by atoms with Crippen LogP contribution in [-0.4, -0.2) is 15.9 Å². The number of benzene rings is 2. The van der Waals surface area contributed by atoms with Gasteiger partial charge >= 0.3 is 0 Å². The molecular formula is C18H14Cl2N4O. The third-order valence-corrected chi connectivity index (χ3v) is 4.04. The first kappa shape index (κ1) is 17.2. The Bertz CT molecular complexity index is 913. The highest BCUT2D eigenvalue weighted by molar-refractivity contribution is 6.33. The average Bonchev–Trinajstić information content (AvgIpc) is 2.60. The van der Waals surface area contributed by atoms with Crippen LogP contribution in [0.1, 0.15) is 15.9 Å². The van der Waals surface area contributed by atoms with Gasteiger partial charge in [-0.25, -0.2) is 9.97 Å². The highest BCUT2D eigenvalue weighted by atomic mass is 35.5. The van der Waals surface area contributed by atoms with E-state index in [0.29, 0.717) is 27.2 Å². The van der Waals surface area contributed by atoms with Gasteiger partial charge in [0.05, 0.1) is 16.3 Å². The maximum atomic E-state index is 12.2. The Morgan fingerprint density at radius 1 is 1.00 bits per heavy atom. The average molecular weight is 373 g/mol. The molecule has 7 heteroatoms. The van der Waals surface area contributed by atoms with E-state index in [0.717, 1.165) is 11.3 Å². The van der Waals surface area contributed by atoms with Crippen LogP contribution in [0.2, 0.25) is 10.0 Å². The van der Waals surface area contributed by atoms with Gasteiger partial charge < -0.3 is 10.6 Å². The maximum absolute atomic E-state index is 12.2. The van der Waals surface area contributed by atoms with E-state index < -0.39 is 0 Å². The molecule has 0 unspecified atom stereocenters. The predicted octanol–water partition coefficient (Wildman–Crippen LogP) is 5.09. The Morgan fingerprint density at radius 2 is 1.72 bits per heavy atom. The molecule has 0 aliphatic carbocycles. The van der Waals surface area contributed by atoms with Crippen molar-refractivity contribution in [2.75, 3.05) is 10.6 Å². The lowest BCUT2D eigenvalue weighted by Crippen LogP contribution is -2.13. The van der Waals surface area contributed by atoms with Gasteiger partial charge in [0.1, 0.15) is 0 Å². The number of amides is 1. The molecule has 0 aliphatic rings. The lowest BCUT2D eigenvalue weighted by atomic mass is 10.2. The minimum Gasteiger partial charge on any atom is -0.324 e. The fourth-order valence-corrected chi connectivity index (χ4v) is 2.56. The van der Waals surface area contributed by atoms with Crippen LogP contribution in [0.15, 0.2) is 54.9 Å². The van der Waals surface area contributed by atoms with Crippen LogP contribution < -0.4 is 10.6 Å². The molecular weight excluding hydrogens is 359 g/mol. The van der Waals surface area contributed by atoms with Gasteiger partial charge in [0.25, 0.3) is 5.91 Å². The summed E-state index contributed by atoms with van der Waals surface area (Å²) in [6, 6.07) is 12.5. The van der Waals surface area contributed by atoms with E-state index in [1.807, 2.05) is 19.1 Å². The molecule has 2 N–H and O–H groups in total. The molecule has 2 aromatic carbocycles. The monoisotopic (exact) mass is 372 g/mol. The van der Waals surface area contributed by atoms with Crippen LogP contribution in [0.3, 0.4) is 0 Å². The van der Waals surface area contributed by atoms with Crippen LogP contribution in [0.25, 0.3) is 0 Å². The zero-order valence-corrected chi connectivity index (χ0v) is 14.8. The summed E-state index contributed by atoms with van der Waals surface area (Å²) in [5.74, 6) is 0.0574. The molecule has 0 aliphatic heterocycles. The van der Waals surface area contributed by atoms with E-state index in [1.165, 1.54) is 12.4 Å². The first-order chi connectivity index (χ1) is 12.0. The summed E-state index contributed by atoms with van der Waals surface area (Å²) < 4.78 is 0. The summed E-state index contributed by atoms with van der Waals surface area (Å²) >= 11 is 12.0. The molecule has 0 atom stereocenters. The van der Waals surface area contributed by atoms with E-state index in [2.05, 4.69) is 20.6 Å². The zero-order chi connectivity index (χ0) is 17.8. The predicted molar refractivity (Wildman–Crippen MR) is 101 cm³/mol. The molecule has 25 heavy (non-hydrogen) atoms. The molecule has 126 valence electrons. The van der Waals surface area contributed by atoms with Crippen LogP contribution >= 0.6 is 23.2 Å². The van der Waals surface area contributed by atoms with Gasteiger partial charge in [0.15, 0.2) is 0 Å². The van der Waals surface area contributed by atoms with Crippen LogP contribution in [-0.2, 0) is 0 Å². The summed E-state index contributed by atoms with van der Waals surface area (Å²) in [7, 11) is 0. The summed E-state index contributed by atoms with van der Waals surface area (Å²) in [6.07, 6.45) is 2.90. The Hall–Kier alpha value is -2.63. The van der Waals surface area contributed by atoms with Crippen molar-refractivity contribution in [1.29, 1.82) is 0 Å². The second-order valence-corrected chi connectivity index (χ2v) is 6.16. The third-order valence-electron chi connectivity index (χ3n) is 3.47. The highest BCUT2D eigenvalue weighted by Gasteiger charge is 2.10. The number of nitrogens with zero attached hydrogens (tertiary/aromatic N) is 2. The van der Waals surface area contributed by atoms with Gasteiger partial charge in [-0.15, -0.1) is 0 Å². The quantitative estimate of drug-likeness (QED) is 0.669. The van der Waals surface area contributed by atoms with Gasteiger partial charge in [-0.3, -0.25) is 4.79 Å². The van der Waals surface area contributed by atoms with Gasteiger partial charge in [-0.2, -0.15) is 0 Å². The number of para-hydroxylation sites is 1. The summed E-state index contributed by atoms with van der Waals surface area (Å²) in [4.78, 5) is 20.6. The van der Waals surface area contributed by atoms with Gasteiger partial charge in [-0.1, -0.05) is 35.3 Å². The first-order valence-electron chi connectivity index (χ1n) is 7.44. The third kappa shape index (κ3) is 4.26. The van der Waals surface area contributed by atoms with Crippen LogP contribution in [0, 0.1) is 6.92 Å². The molecule has 0 radical (unpaired) electrons. The number of hydrogen-bond acceptors (Lipinski definition) is 4. The van der Waals surface area contributed by atoms with Crippen LogP contribution in [0.4, 0.5) is 17.3 Å². The fourth-order valence-electron chi connectivity index (χ4n) is 2.15. The lowest BCUT2D eigenvalue weighted by Gasteiger charge is -2.09. The zero-order valence-electron chi connectivity index (χ0n) is 13.3. The van der Waals surface area contributed by atoms with Crippen molar-refractivity contribution >= 4 is 46.4 Å². The molecule has 3 aromatic rings. The molecule has 0 bridgehead atoms. The summed E-state index contributed by atoms with van der Waals surface area (Å²) in [5, 5.41) is 6.94. The van der Waals surface area contributed by atoms with E-state index >= 15 is 0 Å². The molecule has 0 fully saturated rings. The molecule has 1 amide bonds. The number of hydrogen-bond donors (Lipinski definition) is 2. The minimum absolute atomic E-state index is 0.331. The normalized spacial score (nSPS) is 10.4. The smallest absolute Gasteiger partial charge is 0.258 e. The second-order valence-electron chi connectivity index (χ2n) is 5.31. The topological polar surface area (TPSA) is 66.9 Å². The molecule has 3 rings (SSSR count). The van der Waals surface area contributed by atoms with Gasteiger partial charge in [0.2, 0.25) is 5.95 Å².